The van der Waals surface area contributed by atoms with E-state index in [4.69, 9.17) is 21.1 Å². The van der Waals surface area contributed by atoms with Crippen molar-refractivity contribution in [3.05, 3.63) is 41.2 Å². The molecule has 3 heterocycles. The minimum Gasteiger partial charge on any atom is -0.476 e. The average molecular weight is 323 g/mol. The molecule has 1 saturated heterocycles. The number of carboxylic acids is 1. The second-order valence-electron chi connectivity index (χ2n) is 5.00. The van der Waals surface area contributed by atoms with E-state index in [0.29, 0.717) is 17.5 Å². The minimum absolute atomic E-state index is 0.0612. The molecule has 0 spiro atoms. The maximum atomic E-state index is 10.8. The third-order valence-electron chi connectivity index (χ3n) is 3.54. The van der Waals surface area contributed by atoms with Gasteiger partial charge in [-0.15, -0.1) is 0 Å². The van der Waals surface area contributed by atoms with Crippen LogP contribution in [0.3, 0.4) is 0 Å². The summed E-state index contributed by atoms with van der Waals surface area (Å²) in [5, 5.41) is 9.48. The number of hydrogen-bond acceptors (Lipinski definition) is 6. The van der Waals surface area contributed by atoms with Crippen molar-refractivity contribution in [3.8, 4) is 0 Å². The Bertz CT molecular complexity index is 668. The second kappa shape index (κ2) is 6.33. The summed E-state index contributed by atoms with van der Waals surface area (Å²) in [5.74, 6) is 0.138. The maximum absolute atomic E-state index is 10.8. The molecule has 0 radical (unpaired) electrons. The second-order valence-corrected chi connectivity index (χ2v) is 5.41. The summed E-state index contributed by atoms with van der Waals surface area (Å²) in [5.41, 5.74) is -0.0612. The van der Waals surface area contributed by atoms with Gasteiger partial charge in [0.25, 0.3) is 0 Å². The lowest BCUT2D eigenvalue weighted by Gasteiger charge is -2.35. The van der Waals surface area contributed by atoms with Crippen molar-refractivity contribution in [2.75, 3.05) is 31.1 Å². The number of aromatic nitrogens is 2. The number of nitrogens with zero attached hydrogens (tertiary/aromatic N) is 4. The van der Waals surface area contributed by atoms with E-state index in [0.717, 1.165) is 32.0 Å². The summed E-state index contributed by atoms with van der Waals surface area (Å²) in [6.45, 7) is 3.69. The molecule has 1 N–H and O–H groups in total. The lowest BCUT2D eigenvalue weighted by molar-refractivity contribution is 0.0690. The van der Waals surface area contributed by atoms with Gasteiger partial charge in [0.15, 0.2) is 5.69 Å². The number of rotatable bonds is 4. The van der Waals surface area contributed by atoms with Gasteiger partial charge in [0.1, 0.15) is 12.1 Å². The number of halogens is 1. The Balaban J connectivity index is 1.57. The molecule has 0 saturated carbocycles. The van der Waals surface area contributed by atoms with E-state index in [-0.39, 0.29) is 5.69 Å². The van der Waals surface area contributed by atoms with E-state index >= 15 is 0 Å². The molecule has 0 aliphatic carbocycles. The van der Waals surface area contributed by atoms with Crippen LogP contribution in [-0.4, -0.2) is 52.1 Å². The van der Waals surface area contributed by atoms with E-state index in [1.165, 1.54) is 6.26 Å². The topological polar surface area (TPSA) is 82.7 Å². The normalized spacial score (nSPS) is 16.0. The molecule has 1 aliphatic rings. The molecular formula is C14H15ClN4O3. The van der Waals surface area contributed by atoms with E-state index in [9.17, 15) is 4.79 Å². The summed E-state index contributed by atoms with van der Waals surface area (Å²) in [6.07, 6.45) is 2.90. The van der Waals surface area contributed by atoms with Crippen molar-refractivity contribution >= 4 is 23.4 Å². The minimum atomic E-state index is -1.08. The number of aromatic carboxylic acids is 1. The maximum Gasteiger partial charge on any atom is 0.357 e. The van der Waals surface area contributed by atoms with Crippen LogP contribution in [0.4, 0.5) is 5.82 Å². The van der Waals surface area contributed by atoms with E-state index in [1.54, 1.807) is 6.20 Å². The summed E-state index contributed by atoms with van der Waals surface area (Å²) >= 11 is 6.16. The zero-order valence-corrected chi connectivity index (χ0v) is 12.5. The van der Waals surface area contributed by atoms with Crippen LogP contribution in [0.5, 0.6) is 0 Å². The highest BCUT2D eigenvalue weighted by molar-refractivity contribution is 6.32. The van der Waals surface area contributed by atoms with Crippen molar-refractivity contribution in [3.63, 3.8) is 0 Å². The first-order chi connectivity index (χ1) is 10.6. The lowest BCUT2D eigenvalue weighted by atomic mass is 10.3. The van der Waals surface area contributed by atoms with Gasteiger partial charge in [0, 0.05) is 32.4 Å². The fourth-order valence-corrected chi connectivity index (χ4v) is 2.64. The fraction of sp³-hybridized carbons (Fsp3) is 0.357. The Kier molecular flexibility index (Phi) is 4.26. The Morgan fingerprint density at radius 3 is 2.77 bits per heavy atom. The highest BCUT2D eigenvalue weighted by Crippen LogP contribution is 2.23. The van der Waals surface area contributed by atoms with Gasteiger partial charge in [0.2, 0.25) is 5.89 Å². The molecule has 0 amide bonds. The number of carbonyl (C=O) groups is 1. The van der Waals surface area contributed by atoms with Crippen molar-refractivity contribution in [1.29, 1.82) is 0 Å². The summed E-state index contributed by atoms with van der Waals surface area (Å²) < 4.78 is 5.18. The van der Waals surface area contributed by atoms with Crippen LogP contribution in [0.2, 0.25) is 5.02 Å². The zero-order valence-electron chi connectivity index (χ0n) is 11.8. The van der Waals surface area contributed by atoms with Crippen molar-refractivity contribution in [2.45, 2.75) is 6.54 Å². The number of carboxylic acid groups (broad SMARTS) is 1. The molecular weight excluding hydrogens is 308 g/mol. The zero-order chi connectivity index (χ0) is 15.5. The number of oxazole rings is 1. The molecule has 116 valence electrons. The lowest BCUT2D eigenvalue weighted by Crippen LogP contribution is -2.46. The highest BCUT2D eigenvalue weighted by Gasteiger charge is 2.21. The molecule has 2 aromatic rings. The number of anilines is 1. The molecule has 7 nitrogen and oxygen atoms in total. The van der Waals surface area contributed by atoms with Gasteiger partial charge in [0.05, 0.1) is 11.6 Å². The third kappa shape index (κ3) is 3.20. The van der Waals surface area contributed by atoms with Crippen LogP contribution < -0.4 is 4.90 Å². The standard InChI is InChI=1S/C14H15ClN4O3/c15-10-2-1-3-16-13(10)19-6-4-18(5-7-19)8-12-17-11(9-22-12)14(20)21/h1-3,9H,4-8H2,(H,20,21). The van der Waals surface area contributed by atoms with Crippen molar-refractivity contribution in [2.24, 2.45) is 0 Å². The SMILES string of the molecule is O=C(O)c1coc(CN2CCN(c3ncccc3Cl)CC2)n1. The highest BCUT2D eigenvalue weighted by atomic mass is 35.5. The number of piperazine rings is 1. The van der Waals surface area contributed by atoms with E-state index < -0.39 is 5.97 Å². The van der Waals surface area contributed by atoms with Crippen LogP contribution in [-0.2, 0) is 6.54 Å². The van der Waals surface area contributed by atoms with Gasteiger partial charge in [-0.1, -0.05) is 11.6 Å². The summed E-state index contributed by atoms with van der Waals surface area (Å²) in [7, 11) is 0. The fourth-order valence-electron chi connectivity index (χ4n) is 2.40. The summed E-state index contributed by atoms with van der Waals surface area (Å²) in [6, 6.07) is 3.64. The van der Waals surface area contributed by atoms with Gasteiger partial charge in [-0.3, -0.25) is 4.90 Å². The predicted octanol–water partition coefficient (Wildman–Crippen LogP) is 1.74. The first-order valence-corrected chi connectivity index (χ1v) is 7.27. The van der Waals surface area contributed by atoms with E-state index in [1.807, 2.05) is 12.1 Å². The molecule has 0 bridgehead atoms. The Morgan fingerprint density at radius 2 is 2.14 bits per heavy atom. The van der Waals surface area contributed by atoms with Gasteiger partial charge in [-0.2, -0.15) is 0 Å². The summed E-state index contributed by atoms with van der Waals surface area (Å²) in [4.78, 5) is 23.3. The van der Waals surface area contributed by atoms with Crippen molar-refractivity contribution in [1.82, 2.24) is 14.9 Å². The largest absolute Gasteiger partial charge is 0.476 e. The molecule has 8 heteroatoms. The monoisotopic (exact) mass is 322 g/mol. The molecule has 1 aliphatic heterocycles. The van der Waals surface area contributed by atoms with Gasteiger partial charge in [-0.25, -0.2) is 14.8 Å². The molecule has 1 fully saturated rings. The Labute approximate surface area is 132 Å². The first-order valence-electron chi connectivity index (χ1n) is 6.89. The van der Waals surface area contributed by atoms with Crippen LogP contribution in [0.25, 0.3) is 0 Å². The smallest absolute Gasteiger partial charge is 0.357 e. The van der Waals surface area contributed by atoms with Crippen LogP contribution in [0.15, 0.2) is 29.0 Å². The molecule has 0 unspecified atom stereocenters. The van der Waals surface area contributed by atoms with Gasteiger partial charge < -0.3 is 14.4 Å². The predicted molar refractivity (Wildman–Crippen MR) is 80.2 cm³/mol. The average Bonchev–Trinajstić information content (AvgIpc) is 2.98. The van der Waals surface area contributed by atoms with Crippen LogP contribution in [0.1, 0.15) is 16.4 Å². The molecule has 2 aromatic heterocycles. The quantitative estimate of drug-likeness (QED) is 0.918. The van der Waals surface area contributed by atoms with Gasteiger partial charge in [-0.05, 0) is 12.1 Å². The first kappa shape index (κ1) is 14.8. The van der Waals surface area contributed by atoms with E-state index in [2.05, 4.69) is 19.8 Å². The molecule has 0 atom stereocenters. The molecule has 3 rings (SSSR count). The third-order valence-corrected chi connectivity index (χ3v) is 3.84. The van der Waals surface area contributed by atoms with Crippen LogP contribution >= 0.6 is 11.6 Å². The number of pyridine rings is 1. The number of hydrogen-bond donors (Lipinski definition) is 1. The van der Waals surface area contributed by atoms with Gasteiger partial charge >= 0.3 is 5.97 Å². The molecule has 0 aromatic carbocycles. The van der Waals surface area contributed by atoms with Crippen LogP contribution in [0, 0.1) is 0 Å². The Hall–Kier alpha value is -2.12. The Morgan fingerprint density at radius 1 is 1.36 bits per heavy atom. The van der Waals surface area contributed by atoms with Crippen molar-refractivity contribution < 1.29 is 14.3 Å². The molecule has 22 heavy (non-hydrogen) atoms.